The van der Waals surface area contributed by atoms with Gasteiger partial charge in [0.15, 0.2) is 0 Å². The van der Waals surface area contributed by atoms with Crippen molar-refractivity contribution in [2.24, 2.45) is 0 Å². The molecule has 3 rings (SSSR count). The lowest BCUT2D eigenvalue weighted by Gasteiger charge is -1.90. The average molecular weight is 181 g/mol. The minimum atomic E-state index is 1.13. The minimum absolute atomic E-state index is 1.13. The monoisotopic (exact) mass is 181 g/mol. The predicted octanol–water partition coefficient (Wildman–Crippen LogP) is 2.52. The van der Waals surface area contributed by atoms with E-state index in [1.165, 1.54) is 16.5 Å². The summed E-state index contributed by atoms with van der Waals surface area (Å²) in [6.07, 6.45) is 8.86. The molecule has 0 unspecified atom stereocenters. The molecule has 0 saturated heterocycles. The van der Waals surface area contributed by atoms with Crippen LogP contribution in [0.3, 0.4) is 0 Å². The zero-order valence-electron chi connectivity index (χ0n) is 7.54. The van der Waals surface area contributed by atoms with E-state index in [0.717, 1.165) is 5.69 Å². The Labute approximate surface area is 81.9 Å². The Hall–Kier alpha value is -1.96. The third kappa shape index (κ3) is 0.973. The van der Waals surface area contributed by atoms with Crippen molar-refractivity contribution in [3.05, 3.63) is 47.9 Å². The van der Waals surface area contributed by atoms with Crippen molar-refractivity contribution < 1.29 is 0 Å². The zero-order valence-corrected chi connectivity index (χ0v) is 7.54. The lowest BCUT2D eigenvalue weighted by molar-refractivity contribution is 1.18. The number of aromatic nitrogens is 1. The topological polar surface area (TPSA) is 27.8 Å². The molecular weight excluding hydrogens is 172 g/mol. The van der Waals surface area contributed by atoms with Crippen molar-refractivity contribution in [1.82, 2.24) is 10.3 Å². The maximum absolute atomic E-state index is 3.36. The molecule has 1 aliphatic rings. The van der Waals surface area contributed by atoms with Crippen LogP contribution in [0.15, 0.2) is 30.5 Å². The number of hydrogen-bond acceptors (Lipinski definition) is 1. The van der Waals surface area contributed by atoms with E-state index in [1.54, 1.807) is 0 Å². The fourth-order valence-electron chi connectivity index (χ4n) is 1.76. The van der Waals surface area contributed by atoms with Crippen molar-refractivity contribution in [1.29, 1.82) is 0 Å². The number of rotatable bonds is 0. The first-order valence-corrected chi connectivity index (χ1v) is 4.57. The molecule has 0 atom stereocenters. The summed E-state index contributed by atoms with van der Waals surface area (Å²) >= 11 is 0. The highest BCUT2D eigenvalue weighted by Gasteiger charge is 2.06. The van der Waals surface area contributed by atoms with Gasteiger partial charge in [-0.2, -0.15) is 0 Å². The Morgan fingerprint density at radius 3 is 3.07 bits per heavy atom. The number of para-hydroxylation sites is 1. The number of aromatic amines is 1. The molecule has 0 saturated carbocycles. The van der Waals surface area contributed by atoms with Crippen molar-refractivity contribution >= 4 is 23.1 Å². The van der Waals surface area contributed by atoms with Crippen molar-refractivity contribution in [3.63, 3.8) is 0 Å². The van der Waals surface area contributed by atoms with Gasteiger partial charge < -0.3 is 10.3 Å². The molecule has 0 aliphatic carbocycles. The smallest absolute Gasteiger partial charge is 0.0626 e. The van der Waals surface area contributed by atoms with Crippen molar-refractivity contribution in [2.75, 3.05) is 0 Å². The summed E-state index contributed by atoms with van der Waals surface area (Å²) in [7, 11) is 0. The van der Waals surface area contributed by atoms with Gasteiger partial charge in [-0.1, -0.05) is 18.2 Å². The molecule has 1 aliphatic heterocycles. The van der Waals surface area contributed by atoms with Crippen LogP contribution in [0.1, 0.15) is 11.3 Å². The van der Waals surface area contributed by atoms with Crippen LogP contribution in [-0.2, 0) is 0 Å². The van der Waals surface area contributed by atoms with Gasteiger partial charge in [0.2, 0.25) is 0 Å². The fraction of sp³-hybridized carbons (Fsp3) is 0. The first kappa shape index (κ1) is 7.44. The summed E-state index contributed by atoms with van der Waals surface area (Å²) in [6, 6.07) is 8.28. The van der Waals surface area contributed by atoms with E-state index in [-0.39, 0.29) is 0 Å². The van der Waals surface area contributed by atoms with Crippen LogP contribution in [0.5, 0.6) is 0 Å². The predicted molar refractivity (Wildman–Crippen MR) is 58.2 cm³/mol. The van der Waals surface area contributed by atoms with Crippen LogP contribution in [0, 0.1) is 6.20 Å². The number of nitrogens with one attached hydrogen (secondary N) is 2. The molecule has 0 bridgehead atoms. The van der Waals surface area contributed by atoms with Crippen LogP contribution in [-0.4, -0.2) is 4.98 Å². The highest BCUT2D eigenvalue weighted by atomic mass is 14.8. The van der Waals surface area contributed by atoms with E-state index >= 15 is 0 Å². The van der Waals surface area contributed by atoms with Crippen LogP contribution < -0.4 is 5.32 Å². The third-order valence-electron chi connectivity index (χ3n) is 2.41. The highest BCUT2D eigenvalue weighted by molar-refractivity contribution is 5.93. The van der Waals surface area contributed by atoms with Crippen LogP contribution >= 0.6 is 0 Å². The van der Waals surface area contributed by atoms with E-state index < -0.39 is 0 Å². The van der Waals surface area contributed by atoms with Gasteiger partial charge in [0.1, 0.15) is 0 Å². The fourth-order valence-corrected chi connectivity index (χ4v) is 1.76. The summed E-state index contributed by atoms with van der Waals surface area (Å²) in [4.78, 5) is 3.36. The van der Waals surface area contributed by atoms with E-state index in [2.05, 4.69) is 28.6 Å². The molecule has 67 valence electrons. The molecule has 2 heteroatoms. The second-order valence-electron chi connectivity index (χ2n) is 3.26. The quantitative estimate of drug-likeness (QED) is 0.642. The zero-order chi connectivity index (χ0) is 9.38. The summed E-state index contributed by atoms with van der Waals surface area (Å²) < 4.78 is 0. The summed E-state index contributed by atoms with van der Waals surface area (Å²) in [5.41, 5.74) is 3.49. The number of fused-ring (bicyclic) bond motifs is 3. The largest absolute Gasteiger partial charge is 0.360 e. The van der Waals surface area contributed by atoms with E-state index in [4.69, 9.17) is 0 Å². The molecule has 0 spiro atoms. The summed E-state index contributed by atoms with van der Waals surface area (Å²) in [5.74, 6) is 0. The lowest BCUT2D eigenvalue weighted by atomic mass is 10.1. The Bertz CT molecular complexity index is 532. The van der Waals surface area contributed by atoms with Gasteiger partial charge in [-0.15, -0.1) is 0 Å². The maximum atomic E-state index is 3.36. The van der Waals surface area contributed by atoms with Gasteiger partial charge in [0.05, 0.1) is 6.20 Å². The molecule has 2 nitrogen and oxygen atoms in total. The Balaban J connectivity index is 2.41. The average Bonchev–Trinajstić information content (AvgIpc) is 2.42. The van der Waals surface area contributed by atoms with Crippen LogP contribution in [0.4, 0.5) is 0 Å². The van der Waals surface area contributed by atoms with Crippen LogP contribution in [0.2, 0.25) is 0 Å². The molecule has 2 aromatic rings. The minimum Gasteiger partial charge on any atom is -0.360 e. The molecule has 0 amide bonds. The summed E-state index contributed by atoms with van der Waals surface area (Å²) in [5, 5.41) is 4.18. The molecule has 1 radical (unpaired) electrons. The number of benzene rings is 1. The molecule has 1 aromatic heterocycles. The second kappa shape index (κ2) is 2.77. The third-order valence-corrected chi connectivity index (χ3v) is 2.41. The maximum Gasteiger partial charge on any atom is 0.0626 e. The first-order valence-electron chi connectivity index (χ1n) is 4.57. The highest BCUT2D eigenvalue weighted by Crippen LogP contribution is 2.24. The van der Waals surface area contributed by atoms with Crippen molar-refractivity contribution in [2.45, 2.75) is 0 Å². The van der Waals surface area contributed by atoms with E-state index in [9.17, 15) is 0 Å². The Morgan fingerprint density at radius 2 is 2.07 bits per heavy atom. The van der Waals surface area contributed by atoms with Gasteiger partial charge >= 0.3 is 0 Å². The van der Waals surface area contributed by atoms with Crippen molar-refractivity contribution in [3.8, 4) is 0 Å². The molecule has 14 heavy (non-hydrogen) atoms. The second-order valence-corrected chi connectivity index (χ2v) is 3.26. The van der Waals surface area contributed by atoms with Gasteiger partial charge in [-0.25, -0.2) is 0 Å². The summed E-state index contributed by atoms with van der Waals surface area (Å²) in [6.45, 7) is 0. The SMILES string of the molecule is [C]1=Cc2c([nH]c3ccccc23)C=CN1. The lowest BCUT2D eigenvalue weighted by Crippen LogP contribution is -1.88. The molecule has 0 fully saturated rings. The van der Waals surface area contributed by atoms with E-state index in [1.807, 2.05) is 30.5 Å². The number of hydrogen-bond donors (Lipinski definition) is 2. The first-order chi connectivity index (χ1) is 6.95. The van der Waals surface area contributed by atoms with Crippen LogP contribution in [0.25, 0.3) is 23.1 Å². The molecule has 1 aromatic carbocycles. The van der Waals surface area contributed by atoms with Gasteiger partial charge in [0.25, 0.3) is 0 Å². The normalized spacial score (nSPS) is 13.7. The number of H-pyrrole nitrogens is 1. The van der Waals surface area contributed by atoms with E-state index in [0.29, 0.717) is 0 Å². The Kier molecular flexibility index (Phi) is 1.47. The van der Waals surface area contributed by atoms with Gasteiger partial charge in [-0.3, -0.25) is 0 Å². The molecule has 2 heterocycles. The van der Waals surface area contributed by atoms with Gasteiger partial charge in [0, 0.05) is 28.4 Å². The standard InChI is InChI=1S/C12H9N2/c1-2-4-11-9(3-1)10-5-7-13-8-6-12(10)14-11/h1-6,8,13-14H. The Morgan fingerprint density at radius 1 is 1.14 bits per heavy atom. The molecular formula is C12H9N2. The molecule has 2 N–H and O–H groups in total. The van der Waals surface area contributed by atoms with Gasteiger partial charge in [-0.05, 0) is 18.2 Å².